The summed E-state index contributed by atoms with van der Waals surface area (Å²) in [6.45, 7) is -2.94. The van der Waals surface area contributed by atoms with E-state index in [9.17, 15) is 13.6 Å². The molecule has 4 nitrogen and oxygen atoms in total. The molecule has 0 saturated heterocycles. The van der Waals surface area contributed by atoms with E-state index in [1.165, 1.54) is 25.7 Å². The highest BCUT2D eigenvalue weighted by atomic mass is 19.3. The smallest absolute Gasteiger partial charge is 0.387 e. The van der Waals surface area contributed by atoms with Gasteiger partial charge in [0.2, 0.25) is 5.91 Å². The molecule has 0 heterocycles. The van der Waals surface area contributed by atoms with Crippen molar-refractivity contribution in [3.8, 4) is 11.5 Å². The van der Waals surface area contributed by atoms with Gasteiger partial charge in [-0.25, -0.2) is 0 Å². The number of ether oxygens (including phenoxy) is 2. The van der Waals surface area contributed by atoms with Gasteiger partial charge in [0.15, 0.2) is 11.5 Å². The molecule has 114 valence electrons. The summed E-state index contributed by atoms with van der Waals surface area (Å²) in [6.07, 6.45) is 3.12. The van der Waals surface area contributed by atoms with E-state index in [4.69, 9.17) is 4.74 Å². The SMILES string of the molecule is COc1ccc(NC(=O)C2CC3CC3C2)cc1OC(F)F. The van der Waals surface area contributed by atoms with Crippen LogP contribution in [0.25, 0.3) is 0 Å². The lowest BCUT2D eigenvalue weighted by atomic mass is 10.0. The van der Waals surface area contributed by atoms with Crippen molar-refractivity contribution in [2.45, 2.75) is 25.9 Å². The molecule has 0 aliphatic heterocycles. The largest absolute Gasteiger partial charge is 0.493 e. The van der Waals surface area contributed by atoms with Crippen LogP contribution >= 0.6 is 0 Å². The maximum atomic E-state index is 12.4. The Kier molecular flexibility index (Phi) is 3.69. The number of benzene rings is 1. The molecule has 2 aliphatic rings. The molecule has 2 unspecified atom stereocenters. The minimum atomic E-state index is -2.94. The lowest BCUT2D eigenvalue weighted by Gasteiger charge is -2.15. The Labute approximate surface area is 121 Å². The number of hydrogen-bond acceptors (Lipinski definition) is 3. The van der Waals surface area contributed by atoms with Gasteiger partial charge in [-0.3, -0.25) is 4.79 Å². The minimum Gasteiger partial charge on any atom is -0.493 e. The topological polar surface area (TPSA) is 47.6 Å². The Morgan fingerprint density at radius 3 is 2.57 bits per heavy atom. The summed E-state index contributed by atoms with van der Waals surface area (Å²) in [4.78, 5) is 12.1. The Morgan fingerprint density at radius 2 is 1.95 bits per heavy atom. The Morgan fingerprint density at radius 1 is 1.24 bits per heavy atom. The maximum absolute atomic E-state index is 12.4. The number of carbonyl (C=O) groups is 1. The molecule has 2 fully saturated rings. The molecular weight excluding hydrogens is 280 g/mol. The molecule has 2 atom stereocenters. The third-order valence-electron chi connectivity index (χ3n) is 4.26. The van der Waals surface area contributed by atoms with Crippen molar-refractivity contribution in [3.05, 3.63) is 18.2 Å². The van der Waals surface area contributed by atoms with Gasteiger partial charge in [0, 0.05) is 17.7 Å². The van der Waals surface area contributed by atoms with Gasteiger partial charge in [-0.2, -0.15) is 8.78 Å². The maximum Gasteiger partial charge on any atom is 0.387 e. The first-order valence-electron chi connectivity index (χ1n) is 7.00. The van der Waals surface area contributed by atoms with Gasteiger partial charge in [0.25, 0.3) is 0 Å². The molecule has 2 saturated carbocycles. The normalized spacial score (nSPS) is 26.4. The summed E-state index contributed by atoms with van der Waals surface area (Å²) in [7, 11) is 1.37. The molecule has 1 aromatic rings. The molecule has 1 aromatic carbocycles. The highest BCUT2D eigenvalue weighted by Gasteiger charge is 2.47. The van der Waals surface area contributed by atoms with Crippen molar-refractivity contribution in [3.63, 3.8) is 0 Å². The predicted octanol–water partition coefficient (Wildman–Crippen LogP) is 3.28. The third kappa shape index (κ3) is 3.09. The molecule has 6 heteroatoms. The second kappa shape index (κ2) is 5.50. The van der Waals surface area contributed by atoms with Crippen LogP contribution < -0.4 is 14.8 Å². The number of rotatable bonds is 5. The number of anilines is 1. The molecule has 1 amide bonds. The number of hydrogen-bond donors (Lipinski definition) is 1. The highest BCUT2D eigenvalue weighted by Crippen LogP contribution is 2.54. The zero-order valence-corrected chi connectivity index (χ0v) is 11.6. The number of halogens is 2. The van der Waals surface area contributed by atoms with Gasteiger partial charge in [0.1, 0.15) is 0 Å². The average Bonchev–Trinajstić information content (AvgIpc) is 3.05. The quantitative estimate of drug-likeness (QED) is 0.907. The molecule has 1 N–H and O–H groups in total. The summed E-state index contributed by atoms with van der Waals surface area (Å²) in [5, 5.41) is 2.77. The van der Waals surface area contributed by atoms with E-state index in [1.807, 2.05) is 0 Å². The van der Waals surface area contributed by atoms with E-state index in [0.717, 1.165) is 12.8 Å². The molecule has 3 rings (SSSR count). The number of amides is 1. The van der Waals surface area contributed by atoms with Crippen LogP contribution in [0, 0.1) is 17.8 Å². The van der Waals surface area contributed by atoms with Crippen molar-refractivity contribution in [1.82, 2.24) is 0 Å². The predicted molar refractivity (Wildman–Crippen MR) is 72.6 cm³/mol. The van der Waals surface area contributed by atoms with Gasteiger partial charge in [-0.05, 0) is 43.2 Å². The monoisotopic (exact) mass is 297 g/mol. The van der Waals surface area contributed by atoms with E-state index in [-0.39, 0.29) is 23.3 Å². The van der Waals surface area contributed by atoms with Crippen LogP contribution in [0.15, 0.2) is 18.2 Å². The highest BCUT2D eigenvalue weighted by molar-refractivity contribution is 5.93. The van der Waals surface area contributed by atoms with Crippen LogP contribution in [0.3, 0.4) is 0 Å². The molecule has 0 bridgehead atoms. The Hall–Kier alpha value is -1.85. The van der Waals surface area contributed by atoms with Crippen LogP contribution in [0.2, 0.25) is 0 Å². The van der Waals surface area contributed by atoms with Crippen molar-refractivity contribution < 1.29 is 23.0 Å². The first-order valence-corrected chi connectivity index (χ1v) is 7.00. The van der Waals surface area contributed by atoms with Gasteiger partial charge >= 0.3 is 6.61 Å². The fourth-order valence-corrected chi connectivity index (χ4v) is 3.12. The zero-order valence-electron chi connectivity index (χ0n) is 11.6. The lowest BCUT2D eigenvalue weighted by Crippen LogP contribution is -2.21. The fourth-order valence-electron chi connectivity index (χ4n) is 3.12. The van der Waals surface area contributed by atoms with Crippen LogP contribution in [0.4, 0.5) is 14.5 Å². The summed E-state index contributed by atoms with van der Waals surface area (Å²) in [5.41, 5.74) is 0.442. The van der Waals surface area contributed by atoms with Crippen molar-refractivity contribution in [2.24, 2.45) is 17.8 Å². The second-order valence-corrected chi connectivity index (χ2v) is 5.66. The molecular formula is C15H17F2NO3. The molecule has 21 heavy (non-hydrogen) atoms. The lowest BCUT2D eigenvalue weighted by molar-refractivity contribution is -0.120. The Bertz CT molecular complexity index is 540. The number of alkyl halides is 2. The van der Waals surface area contributed by atoms with Gasteiger partial charge in [-0.15, -0.1) is 0 Å². The van der Waals surface area contributed by atoms with E-state index in [0.29, 0.717) is 17.5 Å². The van der Waals surface area contributed by atoms with E-state index in [1.54, 1.807) is 6.07 Å². The minimum absolute atomic E-state index is 0.0373. The first-order chi connectivity index (χ1) is 10.1. The molecule has 0 spiro atoms. The van der Waals surface area contributed by atoms with Crippen molar-refractivity contribution in [2.75, 3.05) is 12.4 Å². The van der Waals surface area contributed by atoms with E-state index >= 15 is 0 Å². The van der Waals surface area contributed by atoms with Crippen LogP contribution in [-0.4, -0.2) is 19.6 Å². The number of methoxy groups -OCH3 is 1. The third-order valence-corrected chi connectivity index (χ3v) is 4.26. The molecule has 2 aliphatic carbocycles. The molecule has 0 aromatic heterocycles. The van der Waals surface area contributed by atoms with Gasteiger partial charge < -0.3 is 14.8 Å². The average molecular weight is 297 g/mol. The number of fused-ring (bicyclic) bond motifs is 1. The van der Waals surface area contributed by atoms with Crippen LogP contribution in [0.1, 0.15) is 19.3 Å². The number of carbonyl (C=O) groups excluding carboxylic acids is 1. The van der Waals surface area contributed by atoms with Crippen molar-refractivity contribution >= 4 is 11.6 Å². The van der Waals surface area contributed by atoms with Gasteiger partial charge in [-0.1, -0.05) is 0 Å². The fraction of sp³-hybridized carbons (Fsp3) is 0.533. The number of nitrogens with one attached hydrogen (secondary N) is 1. The summed E-state index contributed by atoms with van der Waals surface area (Å²) < 4.78 is 34.1. The van der Waals surface area contributed by atoms with Gasteiger partial charge in [0.05, 0.1) is 7.11 Å². The Balaban J connectivity index is 1.68. The zero-order chi connectivity index (χ0) is 15.0. The summed E-state index contributed by atoms with van der Waals surface area (Å²) in [6, 6.07) is 4.47. The standard InChI is InChI=1S/C15H17F2NO3/c1-20-12-3-2-11(7-13(12)21-15(16)17)18-14(19)10-5-8-4-9(8)6-10/h2-3,7-10,15H,4-6H2,1H3,(H,18,19). The van der Waals surface area contributed by atoms with E-state index in [2.05, 4.69) is 10.1 Å². The summed E-state index contributed by atoms with van der Waals surface area (Å²) in [5.74, 6) is 1.55. The second-order valence-electron chi connectivity index (χ2n) is 5.66. The van der Waals surface area contributed by atoms with Crippen LogP contribution in [-0.2, 0) is 4.79 Å². The molecule has 0 radical (unpaired) electrons. The first kappa shape index (κ1) is 14.1. The van der Waals surface area contributed by atoms with Crippen molar-refractivity contribution in [1.29, 1.82) is 0 Å². The van der Waals surface area contributed by atoms with Crippen LogP contribution in [0.5, 0.6) is 11.5 Å². The van der Waals surface area contributed by atoms with E-state index < -0.39 is 6.61 Å². The summed E-state index contributed by atoms with van der Waals surface area (Å²) >= 11 is 0.